The van der Waals surface area contributed by atoms with Gasteiger partial charge in [-0.05, 0) is 49.8 Å². The lowest BCUT2D eigenvalue weighted by molar-refractivity contribution is 0.103. The van der Waals surface area contributed by atoms with Crippen molar-refractivity contribution in [3.63, 3.8) is 0 Å². The first-order valence-electron chi connectivity index (χ1n) is 9.59. The summed E-state index contributed by atoms with van der Waals surface area (Å²) in [5, 5.41) is 0. The van der Waals surface area contributed by atoms with Gasteiger partial charge in [0.1, 0.15) is 24.7 Å². The lowest BCUT2D eigenvalue weighted by Gasteiger charge is -2.20. The number of rotatable bonds is 7. The highest BCUT2D eigenvalue weighted by molar-refractivity contribution is 6.11. The molecular weight excluding hydrogens is 370 g/mol. The second-order valence-electron chi connectivity index (χ2n) is 6.90. The lowest BCUT2D eigenvalue weighted by atomic mass is 10.0. The summed E-state index contributed by atoms with van der Waals surface area (Å²) in [4.78, 5) is 15.0. The third-order valence-electron chi connectivity index (χ3n) is 4.63. The van der Waals surface area contributed by atoms with Crippen molar-refractivity contribution in [1.29, 1.82) is 0 Å². The number of carbonyl (C=O) groups excluding carboxylic acids is 1. The number of hydrogen-bond acceptors (Lipinski definition) is 6. The largest absolute Gasteiger partial charge is 0.496 e. The number of ketones is 1. The van der Waals surface area contributed by atoms with Crippen LogP contribution in [0.2, 0.25) is 0 Å². The molecule has 2 aromatic carbocycles. The highest BCUT2D eigenvalue weighted by atomic mass is 16.6. The summed E-state index contributed by atoms with van der Waals surface area (Å²) in [6.07, 6.45) is 1.81. The quantitative estimate of drug-likeness (QED) is 0.515. The molecular formula is C23H27NO5. The second-order valence-corrected chi connectivity index (χ2v) is 6.90. The predicted molar refractivity (Wildman–Crippen MR) is 114 cm³/mol. The Balaban J connectivity index is 1.94. The van der Waals surface area contributed by atoms with Gasteiger partial charge in [-0.1, -0.05) is 0 Å². The van der Waals surface area contributed by atoms with Crippen LogP contribution in [0.1, 0.15) is 29.8 Å². The summed E-state index contributed by atoms with van der Waals surface area (Å²) < 4.78 is 22.4. The molecule has 6 nitrogen and oxygen atoms in total. The number of Topliss-reactive ketones (excluding diaryl/α,β-unsaturated/α-hetero) is 1. The average molecular weight is 397 g/mol. The minimum Gasteiger partial charge on any atom is -0.496 e. The Labute approximate surface area is 171 Å². The zero-order valence-corrected chi connectivity index (χ0v) is 17.6. The Hall–Kier alpha value is -3.15. The Bertz CT molecular complexity index is 933. The maximum Gasteiger partial charge on any atom is 0.188 e. The first-order valence-corrected chi connectivity index (χ1v) is 9.59. The fourth-order valence-corrected chi connectivity index (χ4v) is 3.19. The SMILES string of the molecule is CCOc1ccc(C(=O)C(C)=Cc2cc3c(cc2OC)OCCO3)cc1N(C)C. The smallest absolute Gasteiger partial charge is 0.188 e. The molecule has 1 heterocycles. The molecule has 0 aliphatic carbocycles. The number of benzene rings is 2. The van der Waals surface area contributed by atoms with E-state index in [1.807, 2.05) is 50.2 Å². The number of allylic oxidation sites excluding steroid dienone is 1. The molecule has 29 heavy (non-hydrogen) atoms. The van der Waals surface area contributed by atoms with Crippen molar-refractivity contribution >= 4 is 17.5 Å². The van der Waals surface area contributed by atoms with E-state index in [1.54, 1.807) is 26.2 Å². The van der Waals surface area contributed by atoms with E-state index in [2.05, 4.69) is 0 Å². The predicted octanol–water partition coefficient (Wildman–Crippen LogP) is 4.22. The van der Waals surface area contributed by atoms with Crippen LogP contribution in [0.15, 0.2) is 35.9 Å². The number of fused-ring (bicyclic) bond motifs is 1. The normalized spacial score (nSPS) is 13.1. The van der Waals surface area contributed by atoms with Crippen LogP contribution in [-0.4, -0.2) is 46.8 Å². The Morgan fingerprint density at radius 1 is 1.10 bits per heavy atom. The Morgan fingerprint density at radius 3 is 2.41 bits per heavy atom. The zero-order chi connectivity index (χ0) is 21.0. The van der Waals surface area contributed by atoms with E-state index in [4.69, 9.17) is 18.9 Å². The van der Waals surface area contributed by atoms with Crippen molar-refractivity contribution in [3.05, 3.63) is 47.0 Å². The van der Waals surface area contributed by atoms with Gasteiger partial charge in [0.05, 0.1) is 19.4 Å². The molecule has 154 valence electrons. The Kier molecular flexibility index (Phi) is 6.32. The van der Waals surface area contributed by atoms with Gasteiger partial charge in [0, 0.05) is 31.3 Å². The van der Waals surface area contributed by atoms with Gasteiger partial charge in [0.15, 0.2) is 17.3 Å². The first-order chi connectivity index (χ1) is 13.9. The number of anilines is 1. The van der Waals surface area contributed by atoms with E-state index >= 15 is 0 Å². The van der Waals surface area contributed by atoms with Gasteiger partial charge in [-0.2, -0.15) is 0 Å². The minimum atomic E-state index is -0.0620. The molecule has 3 rings (SSSR count). The monoisotopic (exact) mass is 397 g/mol. The highest BCUT2D eigenvalue weighted by Gasteiger charge is 2.18. The minimum absolute atomic E-state index is 0.0620. The fraction of sp³-hybridized carbons (Fsp3) is 0.348. The van der Waals surface area contributed by atoms with Crippen molar-refractivity contribution in [2.75, 3.05) is 45.9 Å². The van der Waals surface area contributed by atoms with Crippen molar-refractivity contribution in [2.45, 2.75) is 13.8 Å². The molecule has 0 spiro atoms. The van der Waals surface area contributed by atoms with E-state index in [0.29, 0.717) is 48.2 Å². The van der Waals surface area contributed by atoms with Gasteiger partial charge >= 0.3 is 0 Å². The summed E-state index contributed by atoms with van der Waals surface area (Å²) in [7, 11) is 5.44. The molecule has 0 radical (unpaired) electrons. The van der Waals surface area contributed by atoms with Crippen LogP contribution in [0.5, 0.6) is 23.0 Å². The number of ether oxygens (including phenoxy) is 4. The van der Waals surface area contributed by atoms with Gasteiger partial charge < -0.3 is 23.8 Å². The third-order valence-corrected chi connectivity index (χ3v) is 4.63. The molecule has 0 N–H and O–H groups in total. The van der Waals surface area contributed by atoms with Gasteiger partial charge in [-0.3, -0.25) is 4.79 Å². The molecule has 0 bridgehead atoms. The van der Waals surface area contributed by atoms with E-state index in [9.17, 15) is 4.79 Å². The first kappa shape index (κ1) is 20.6. The van der Waals surface area contributed by atoms with Crippen LogP contribution < -0.4 is 23.8 Å². The topological polar surface area (TPSA) is 57.2 Å². The third kappa shape index (κ3) is 4.47. The molecule has 2 aromatic rings. The van der Waals surface area contributed by atoms with Gasteiger partial charge in [-0.25, -0.2) is 0 Å². The summed E-state index contributed by atoms with van der Waals surface area (Å²) in [5.41, 5.74) is 2.82. The van der Waals surface area contributed by atoms with Crippen LogP contribution in [0.4, 0.5) is 5.69 Å². The standard InChI is InChI=1S/C23H27NO5/c1-6-27-19-8-7-16(12-18(19)24(3)4)23(25)15(2)11-17-13-21-22(14-20(17)26-5)29-10-9-28-21/h7-8,11-14H,6,9-10H2,1-5H3. The molecule has 0 unspecified atom stereocenters. The lowest BCUT2D eigenvalue weighted by Crippen LogP contribution is -2.15. The fourth-order valence-electron chi connectivity index (χ4n) is 3.19. The molecule has 0 saturated heterocycles. The summed E-state index contributed by atoms with van der Waals surface area (Å²) in [6.45, 7) is 5.31. The average Bonchev–Trinajstić information content (AvgIpc) is 2.73. The molecule has 0 saturated carbocycles. The molecule has 6 heteroatoms. The molecule has 1 aliphatic heterocycles. The molecule has 0 amide bonds. The number of methoxy groups -OCH3 is 1. The van der Waals surface area contributed by atoms with Crippen molar-refractivity contribution < 1.29 is 23.7 Å². The van der Waals surface area contributed by atoms with Crippen molar-refractivity contribution in [2.24, 2.45) is 0 Å². The number of hydrogen-bond donors (Lipinski definition) is 0. The highest BCUT2D eigenvalue weighted by Crippen LogP contribution is 2.38. The molecule has 0 fully saturated rings. The number of carbonyl (C=O) groups is 1. The van der Waals surface area contributed by atoms with E-state index in [-0.39, 0.29) is 5.78 Å². The zero-order valence-electron chi connectivity index (χ0n) is 17.6. The molecule has 0 atom stereocenters. The summed E-state index contributed by atoms with van der Waals surface area (Å²) in [6, 6.07) is 9.11. The second kappa shape index (κ2) is 8.90. The Morgan fingerprint density at radius 2 is 1.79 bits per heavy atom. The van der Waals surface area contributed by atoms with Crippen molar-refractivity contribution in [3.8, 4) is 23.0 Å². The molecule has 0 aromatic heterocycles. The summed E-state index contributed by atoms with van der Waals surface area (Å²) in [5.74, 6) is 2.62. The number of nitrogens with zero attached hydrogens (tertiary/aromatic N) is 1. The maximum atomic E-state index is 13.1. The van der Waals surface area contributed by atoms with Gasteiger partial charge in [0.25, 0.3) is 0 Å². The maximum absolute atomic E-state index is 13.1. The van der Waals surface area contributed by atoms with Crippen LogP contribution in [0.25, 0.3) is 6.08 Å². The van der Waals surface area contributed by atoms with E-state index in [0.717, 1.165) is 17.0 Å². The van der Waals surface area contributed by atoms with Crippen LogP contribution >= 0.6 is 0 Å². The van der Waals surface area contributed by atoms with Crippen LogP contribution in [0, 0.1) is 0 Å². The molecule has 1 aliphatic rings. The van der Waals surface area contributed by atoms with Crippen molar-refractivity contribution in [1.82, 2.24) is 0 Å². The van der Waals surface area contributed by atoms with E-state index in [1.165, 1.54) is 0 Å². The van der Waals surface area contributed by atoms with Gasteiger partial charge in [0.2, 0.25) is 0 Å². The van der Waals surface area contributed by atoms with Crippen LogP contribution in [0.3, 0.4) is 0 Å². The van der Waals surface area contributed by atoms with Crippen LogP contribution in [-0.2, 0) is 0 Å². The van der Waals surface area contributed by atoms with E-state index < -0.39 is 0 Å². The van der Waals surface area contributed by atoms with Gasteiger partial charge in [-0.15, -0.1) is 0 Å². The summed E-state index contributed by atoms with van der Waals surface area (Å²) >= 11 is 0.